The van der Waals surface area contributed by atoms with Crippen molar-refractivity contribution in [3.8, 4) is 11.5 Å². The first kappa shape index (κ1) is 18.9. The largest absolute Gasteiger partial charge is 0.486 e. The minimum atomic E-state index is -0.837. The van der Waals surface area contributed by atoms with Gasteiger partial charge in [0.1, 0.15) is 19.8 Å². The van der Waals surface area contributed by atoms with Gasteiger partial charge in [-0.15, -0.1) is 5.10 Å². The van der Waals surface area contributed by atoms with E-state index in [0.29, 0.717) is 49.4 Å². The number of anilines is 3. The summed E-state index contributed by atoms with van der Waals surface area (Å²) in [5.41, 5.74) is -0.191. The lowest BCUT2D eigenvalue weighted by Crippen LogP contribution is -2.44. The van der Waals surface area contributed by atoms with Gasteiger partial charge in [0.2, 0.25) is 11.9 Å². The van der Waals surface area contributed by atoms with Crippen LogP contribution in [0.4, 0.5) is 17.3 Å². The van der Waals surface area contributed by atoms with Gasteiger partial charge in [0.25, 0.3) is 0 Å². The minimum Gasteiger partial charge on any atom is -0.486 e. The highest BCUT2D eigenvalue weighted by Crippen LogP contribution is 2.32. The van der Waals surface area contributed by atoms with E-state index in [1.54, 1.807) is 18.2 Å². The summed E-state index contributed by atoms with van der Waals surface area (Å²) in [4.78, 5) is 39.4. The number of benzene rings is 2. The summed E-state index contributed by atoms with van der Waals surface area (Å²) in [5.74, 6) is 0.992. The second-order valence-electron chi connectivity index (χ2n) is 7.11. The SMILES string of the molecule is O=C(Cn1nc2n(c(=O)c1=O)CCN2c1ccccc1)Nc1ccc2c(c1)OCCO2. The molecule has 0 bridgehead atoms. The van der Waals surface area contributed by atoms with E-state index < -0.39 is 17.0 Å². The van der Waals surface area contributed by atoms with Gasteiger partial charge in [-0.25, -0.2) is 4.68 Å². The van der Waals surface area contributed by atoms with Crippen LogP contribution in [0.15, 0.2) is 58.1 Å². The Morgan fingerprint density at radius 3 is 2.55 bits per heavy atom. The van der Waals surface area contributed by atoms with E-state index >= 15 is 0 Å². The highest BCUT2D eigenvalue weighted by atomic mass is 16.6. The first-order valence-electron chi connectivity index (χ1n) is 9.84. The van der Waals surface area contributed by atoms with Crippen LogP contribution < -0.4 is 30.8 Å². The van der Waals surface area contributed by atoms with Gasteiger partial charge in [-0.05, 0) is 24.3 Å². The lowest BCUT2D eigenvalue weighted by atomic mass is 10.2. The molecule has 0 radical (unpaired) electrons. The van der Waals surface area contributed by atoms with Gasteiger partial charge in [0.05, 0.1) is 0 Å². The number of carbonyl (C=O) groups is 1. The van der Waals surface area contributed by atoms with Gasteiger partial charge in [0.15, 0.2) is 11.5 Å². The molecule has 1 N–H and O–H groups in total. The van der Waals surface area contributed by atoms with Gasteiger partial charge in [-0.2, -0.15) is 0 Å². The van der Waals surface area contributed by atoms with Gasteiger partial charge >= 0.3 is 11.1 Å². The van der Waals surface area contributed by atoms with Gasteiger partial charge in [-0.3, -0.25) is 19.0 Å². The van der Waals surface area contributed by atoms with Crippen molar-refractivity contribution in [3.05, 3.63) is 69.2 Å². The lowest BCUT2D eigenvalue weighted by molar-refractivity contribution is -0.117. The predicted molar refractivity (Wildman–Crippen MR) is 112 cm³/mol. The molecule has 3 aromatic rings. The van der Waals surface area contributed by atoms with Crippen molar-refractivity contribution in [1.29, 1.82) is 0 Å². The molecular formula is C21H19N5O5. The minimum absolute atomic E-state index is 0.336. The molecule has 158 valence electrons. The van der Waals surface area contributed by atoms with Crippen molar-refractivity contribution < 1.29 is 14.3 Å². The molecule has 10 nitrogen and oxygen atoms in total. The molecule has 0 saturated carbocycles. The van der Waals surface area contributed by atoms with E-state index in [4.69, 9.17) is 9.47 Å². The smallest absolute Gasteiger partial charge is 0.333 e. The Labute approximate surface area is 176 Å². The van der Waals surface area contributed by atoms with E-state index in [9.17, 15) is 14.4 Å². The number of hydrogen-bond donors (Lipinski definition) is 1. The summed E-state index contributed by atoms with van der Waals surface area (Å²) in [5, 5.41) is 7.01. The number of carbonyl (C=O) groups excluding carboxylic acids is 1. The molecule has 31 heavy (non-hydrogen) atoms. The summed E-state index contributed by atoms with van der Waals surface area (Å²) in [6.45, 7) is 1.38. The Hall–Kier alpha value is -4.08. The van der Waals surface area contributed by atoms with Crippen LogP contribution in [0.25, 0.3) is 0 Å². The van der Waals surface area contributed by atoms with E-state index in [1.807, 2.05) is 35.2 Å². The molecule has 0 spiro atoms. The Balaban J connectivity index is 1.40. The van der Waals surface area contributed by atoms with E-state index in [1.165, 1.54) is 4.57 Å². The number of nitrogens with zero attached hydrogens (tertiary/aromatic N) is 4. The zero-order valence-electron chi connectivity index (χ0n) is 16.5. The van der Waals surface area contributed by atoms with Crippen LogP contribution >= 0.6 is 0 Å². The average molecular weight is 421 g/mol. The monoisotopic (exact) mass is 421 g/mol. The fourth-order valence-electron chi connectivity index (χ4n) is 3.64. The number of para-hydroxylation sites is 1. The molecule has 2 aliphatic rings. The van der Waals surface area contributed by atoms with Gasteiger partial charge in [-0.1, -0.05) is 18.2 Å². The summed E-state index contributed by atoms with van der Waals surface area (Å²) in [6.07, 6.45) is 0. The topological polar surface area (TPSA) is 108 Å². The molecule has 1 amide bonds. The fourth-order valence-corrected chi connectivity index (χ4v) is 3.64. The Bertz CT molecular complexity index is 1270. The van der Waals surface area contributed by atoms with Crippen molar-refractivity contribution in [3.63, 3.8) is 0 Å². The zero-order valence-corrected chi connectivity index (χ0v) is 16.5. The van der Waals surface area contributed by atoms with Crippen LogP contribution in [0.2, 0.25) is 0 Å². The molecule has 5 rings (SSSR count). The second kappa shape index (κ2) is 7.63. The van der Waals surface area contributed by atoms with Crippen LogP contribution in [0.3, 0.4) is 0 Å². The zero-order chi connectivity index (χ0) is 21.4. The third-order valence-electron chi connectivity index (χ3n) is 5.09. The third kappa shape index (κ3) is 3.52. The third-order valence-corrected chi connectivity index (χ3v) is 5.09. The van der Waals surface area contributed by atoms with Crippen molar-refractivity contribution >= 4 is 23.2 Å². The first-order chi connectivity index (χ1) is 15.1. The van der Waals surface area contributed by atoms with E-state index in [-0.39, 0.29) is 6.54 Å². The molecule has 0 saturated heterocycles. The maximum Gasteiger partial charge on any atom is 0.333 e. The molecule has 0 unspecified atom stereocenters. The molecule has 3 heterocycles. The average Bonchev–Trinajstić information content (AvgIpc) is 3.21. The Morgan fingerprint density at radius 1 is 0.968 bits per heavy atom. The Kier molecular flexibility index (Phi) is 4.66. The van der Waals surface area contributed by atoms with Gasteiger partial charge in [0, 0.05) is 30.5 Å². The number of nitrogens with one attached hydrogen (secondary N) is 1. The lowest BCUT2D eigenvalue weighted by Gasteiger charge is -2.19. The summed E-state index contributed by atoms with van der Waals surface area (Å²) < 4.78 is 13.2. The fraction of sp³-hybridized carbons (Fsp3) is 0.238. The van der Waals surface area contributed by atoms with E-state index in [0.717, 1.165) is 10.4 Å². The standard InChI is InChI=1S/C21H19N5O5/c27-18(22-14-6-7-16-17(12-14)31-11-10-30-16)13-26-20(29)19(28)25-9-8-24(21(25)23-26)15-4-2-1-3-5-15/h1-7,12H,8-11,13H2,(H,22,27). The van der Waals surface area contributed by atoms with Crippen molar-refractivity contribution in [1.82, 2.24) is 14.3 Å². The quantitative estimate of drug-likeness (QED) is 0.626. The predicted octanol–water partition coefficient (Wildman–Crippen LogP) is 0.967. The van der Waals surface area contributed by atoms with Crippen LogP contribution in [0, 0.1) is 0 Å². The molecule has 0 fully saturated rings. The number of hydrogen-bond acceptors (Lipinski definition) is 7. The highest BCUT2D eigenvalue weighted by Gasteiger charge is 2.26. The van der Waals surface area contributed by atoms with Crippen LogP contribution in [0.5, 0.6) is 11.5 Å². The molecule has 10 heteroatoms. The maximum absolute atomic E-state index is 12.6. The van der Waals surface area contributed by atoms with Crippen molar-refractivity contribution in [2.24, 2.45) is 0 Å². The number of ether oxygens (including phenoxy) is 2. The summed E-state index contributed by atoms with van der Waals surface area (Å²) >= 11 is 0. The van der Waals surface area contributed by atoms with Crippen LogP contribution in [-0.2, 0) is 17.9 Å². The highest BCUT2D eigenvalue weighted by molar-refractivity contribution is 5.90. The number of rotatable bonds is 4. The molecular weight excluding hydrogens is 402 g/mol. The molecule has 2 aromatic carbocycles. The first-order valence-corrected chi connectivity index (χ1v) is 9.84. The number of aromatic nitrogens is 3. The second-order valence-corrected chi connectivity index (χ2v) is 7.11. The van der Waals surface area contributed by atoms with Gasteiger partial charge < -0.3 is 19.7 Å². The van der Waals surface area contributed by atoms with Crippen molar-refractivity contribution in [2.45, 2.75) is 13.1 Å². The molecule has 2 aliphatic heterocycles. The molecule has 0 atom stereocenters. The van der Waals surface area contributed by atoms with Crippen LogP contribution in [-0.4, -0.2) is 40.0 Å². The molecule has 0 aliphatic carbocycles. The summed E-state index contributed by atoms with van der Waals surface area (Å²) in [7, 11) is 0. The van der Waals surface area contributed by atoms with E-state index in [2.05, 4.69) is 10.4 Å². The van der Waals surface area contributed by atoms with Crippen LogP contribution in [0.1, 0.15) is 0 Å². The molecule has 1 aromatic heterocycles. The van der Waals surface area contributed by atoms with Crippen molar-refractivity contribution in [2.75, 3.05) is 30.0 Å². The Morgan fingerprint density at radius 2 is 1.74 bits per heavy atom. The number of amides is 1. The summed E-state index contributed by atoms with van der Waals surface area (Å²) in [6, 6.07) is 14.5. The maximum atomic E-state index is 12.6. The number of fused-ring (bicyclic) bond motifs is 2. The normalized spacial score (nSPS) is 14.3.